The molecular weight excluding hydrogens is 218 g/mol. The Labute approximate surface area is 98.9 Å². The van der Waals surface area contributed by atoms with Crippen molar-refractivity contribution in [3.05, 3.63) is 29.6 Å². The topological polar surface area (TPSA) is 52.5 Å². The Kier molecular flexibility index (Phi) is 3.16. The van der Waals surface area contributed by atoms with E-state index < -0.39 is 0 Å². The largest absolute Gasteiger partial charge is 0.342 e. The van der Waals surface area contributed by atoms with Crippen LogP contribution < -0.4 is 0 Å². The summed E-state index contributed by atoms with van der Waals surface area (Å²) in [5, 5.41) is 9.35. The number of aromatic amines is 1. The molecule has 2 rings (SSSR count). The van der Waals surface area contributed by atoms with E-state index in [9.17, 15) is 0 Å². The van der Waals surface area contributed by atoms with Gasteiger partial charge in [-0.15, -0.1) is 0 Å². The molecule has 0 unspecified atom stereocenters. The lowest BCUT2D eigenvalue weighted by Gasteiger charge is -2.03. The van der Waals surface area contributed by atoms with Crippen LogP contribution in [0.15, 0.2) is 18.2 Å². The quantitative estimate of drug-likeness (QED) is 0.883. The van der Waals surface area contributed by atoms with Crippen LogP contribution in [0, 0.1) is 11.3 Å². The summed E-state index contributed by atoms with van der Waals surface area (Å²) in [6.07, 6.45) is 3.03. The third kappa shape index (κ3) is 2.20. The molecule has 1 aromatic heterocycles. The number of imidazole rings is 1. The summed E-state index contributed by atoms with van der Waals surface area (Å²) >= 11 is 1.82. The Morgan fingerprint density at radius 3 is 3.06 bits per heavy atom. The third-order valence-electron chi connectivity index (χ3n) is 2.54. The van der Waals surface area contributed by atoms with E-state index >= 15 is 0 Å². The first-order chi connectivity index (χ1) is 7.72. The molecule has 0 saturated heterocycles. The number of hydrogen-bond donors (Lipinski definition) is 1. The lowest BCUT2D eigenvalue weighted by molar-refractivity contribution is 0.880. The van der Waals surface area contributed by atoms with E-state index in [1.54, 1.807) is 6.07 Å². The zero-order chi connectivity index (χ0) is 11.5. The molecule has 0 amide bonds. The fourth-order valence-corrected chi connectivity index (χ4v) is 1.91. The Morgan fingerprint density at radius 1 is 1.56 bits per heavy atom. The number of H-pyrrole nitrogens is 1. The molecule has 3 nitrogen and oxygen atoms in total. The minimum atomic E-state index is 0.552. The van der Waals surface area contributed by atoms with Crippen LogP contribution in [-0.4, -0.2) is 21.5 Å². The molecule has 82 valence electrons. The second-order valence-corrected chi connectivity index (χ2v) is 5.05. The Bertz CT molecular complexity index is 539. The summed E-state index contributed by atoms with van der Waals surface area (Å²) in [4.78, 5) is 7.76. The minimum absolute atomic E-state index is 0.552. The van der Waals surface area contributed by atoms with E-state index in [1.807, 2.05) is 23.9 Å². The van der Waals surface area contributed by atoms with Crippen LogP contribution in [0.25, 0.3) is 11.0 Å². The highest BCUT2D eigenvalue weighted by atomic mass is 32.2. The lowest BCUT2D eigenvalue weighted by Crippen LogP contribution is -2.01. The maximum Gasteiger partial charge on any atom is 0.108 e. The molecule has 2 aromatic rings. The third-order valence-corrected chi connectivity index (χ3v) is 3.51. The molecule has 1 N–H and O–H groups in total. The highest BCUT2D eigenvalue weighted by Gasteiger charge is 2.07. The standard InChI is InChI=1S/C12H13N3S/c1-8(16-2)5-12-14-10-4-3-9(7-13)6-11(10)15-12/h3-4,6,8H,5H2,1-2H3,(H,14,15)/t8-/m0/s1. The molecular formula is C12H13N3S. The van der Waals surface area contributed by atoms with Gasteiger partial charge in [0.25, 0.3) is 0 Å². The van der Waals surface area contributed by atoms with Crippen molar-refractivity contribution in [1.82, 2.24) is 9.97 Å². The van der Waals surface area contributed by atoms with Gasteiger partial charge in [0.1, 0.15) is 5.82 Å². The van der Waals surface area contributed by atoms with Crippen LogP contribution >= 0.6 is 11.8 Å². The predicted molar refractivity (Wildman–Crippen MR) is 67.5 cm³/mol. The zero-order valence-corrected chi connectivity index (χ0v) is 10.1. The van der Waals surface area contributed by atoms with Gasteiger partial charge in [0.05, 0.1) is 22.7 Å². The number of nitrogens with one attached hydrogen (secondary N) is 1. The van der Waals surface area contributed by atoms with Crippen LogP contribution in [-0.2, 0) is 6.42 Å². The van der Waals surface area contributed by atoms with Crippen molar-refractivity contribution in [2.24, 2.45) is 0 Å². The van der Waals surface area contributed by atoms with E-state index in [0.717, 1.165) is 23.3 Å². The van der Waals surface area contributed by atoms with Crippen molar-refractivity contribution in [1.29, 1.82) is 5.26 Å². The minimum Gasteiger partial charge on any atom is -0.342 e. The van der Waals surface area contributed by atoms with Gasteiger partial charge in [-0.05, 0) is 24.5 Å². The van der Waals surface area contributed by atoms with Gasteiger partial charge < -0.3 is 4.98 Å². The SMILES string of the molecule is CS[C@@H](C)Cc1nc2ccc(C#N)cc2[nH]1. The lowest BCUT2D eigenvalue weighted by atomic mass is 10.2. The average molecular weight is 231 g/mol. The second-order valence-electron chi connectivity index (χ2n) is 3.78. The summed E-state index contributed by atoms with van der Waals surface area (Å²) in [5.41, 5.74) is 2.55. The summed E-state index contributed by atoms with van der Waals surface area (Å²) in [6.45, 7) is 2.18. The highest BCUT2D eigenvalue weighted by molar-refractivity contribution is 7.99. The fraction of sp³-hybridized carbons (Fsp3) is 0.333. The number of hydrogen-bond acceptors (Lipinski definition) is 3. The summed E-state index contributed by atoms with van der Waals surface area (Å²) in [5.74, 6) is 0.993. The van der Waals surface area contributed by atoms with Crippen LogP contribution in [0.1, 0.15) is 18.3 Å². The summed E-state index contributed by atoms with van der Waals surface area (Å²) in [7, 11) is 0. The molecule has 0 aliphatic carbocycles. The number of thioether (sulfide) groups is 1. The van der Waals surface area contributed by atoms with E-state index in [1.165, 1.54) is 0 Å². The molecule has 4 heteroatoms. The van der Waals surface area contributed by atoms with Crippen molar-refractivity contribution < 1.29 is 0 Å². The van der Waals surface area contributed by atoms with Gasteiger partial charge in [-0.2, -0.15) is 17.0 Å². The molecule has 0 spiro atoms. The molecule has 0 fully saturated rings. The van der Waals surface area contributed by atoms with E-state index in [0.29, 0.717) is 10.8 Å². The van der Waals surface area contributed by atoms with E-state index in [2.05, 4.69) is 29.2 Å². The zero-order valence-electron chi connectivity index (χ0n) is 9.32. The van der Waals surface area contributed by atoms with Crippen molar-refractivity contribution in [2.45, 2.75) is 18.6 Å². The van der Waals surface area contributed by atoms with Crippen LogP contribution in [0.2, 0.25) is 0 Å². The van der Waals surface area contributed by atoms with Gasteiger partial charge in [0, 0.05) is 11.7 Å². The first-order valence-electron chi connectivity index (χ1n) is 5.14. The maximum absolute atomic E-state index is 8.80. The number of fused-ring (bicyclic) bond motifs is 1. The van der Waals surface area contributed by atoms with Gasteiger partial charge >= 0.3 is 0 Å². The van der Waals surface area contributed by atoms with E-state index in [-0.39, 0.29) is 0 Å². The number of aromatic nitrogens is 2. The first kappa shape index (κ1) is 11.0. The number of benzene rings is 1. The monoisotopic (exact) mass is 231 g/mol. The highest BCUT2D eigenvalue weighted by Crippen LogP contribution is 2.16. The van der Waals surface area contributed by atoms with Gasteiger partial charge in [0.15, 0.2) is 0 Å². The average Bonchev–Trinajstić information content (AvgIpc) is 2.69. The molecule has 0 aliphatic rings. The molecule has 1 heterocycles. The first-order valence-corrected chi connectivity index (χ1v) is 6.43. The Hall–Kier alpha value is -1.47. The molecule has 0 saturated carbocycles. The predicted octanol–water partition coefficient (Wildman–Crippen LogP) is 2.73. The normalized spacial score (nSPS) is 12.6. The number of rotatable bonds is 3. The second kappa shape index (κ2) is 4.58. The van der Waals surface area contributed by atoms with Crippen molar-refractivity contribution in [2.75, 3.05) is 6.26 Å². The fourth-order valence-electron chi connectivity index (χ4n) is 1.58. The van der Waals surface area contributed by atoms with Gasteiger partial charge in [0.2, 0.25) is 0 Å². The van der Waals surface area contributed by atoms with Gasteiger partial charge in [-0.3, -0.25) is 0 Å². The van der Waals surface area contributed by atoms with Crippen LogP contribution in [0.3, 0.4) is 0 Å². The molecule has 1 aromatic carbocycles. The molecule has 16 heavy (non-hydrogen) atoms. The molecule has 0 aliphatic heterocycles. The van der Waals surface area contributed by atoms with E-state index in [4.69, 9.17) is 5.26 Å². The number of nitrogens with zero attached hydrogens (tertiary/aromatic N) is 2. The summed E-state index contributed by atoms with van der Waals surface area (Å²) < 4.78 is 0. The summed E-state index contributed by atoms with van der Waals surface area (Å²) in [6, 6.07) is 7.65. The molecule has 0 bridgehead atoms. The van der Waals surface area contributed by atoms with Crippen LogP contribution in [0.4, 0.5) is 0 Å². The molecule has 0 radical (unpaired) electrons. The number of nitriles is 1. The van der Waals surface area contributed by atoms with Gasteiger partial charge in [-0.1, -0.05) is 6.92 Å². The van der Waals surface area contributed by atoms with Crippen molar-refractivity contribution in [3.63, 3.8) is 0 Å². The van der Waals surface area contributed by atoms with Gasteiger partial charge in [-0.25, -0.2) is 4.98 Å². The maximum atomic E-state index is 8.80. The van der Waals surface area contributed by atoms with Crippen molar-refractivity contribution in [3.8, 4) is 6.07 Å². The molecule has 1 atom stereocenters. The van der Waals surface area contributed by atoms with Crippen molar-refractivity contribution >= 4 is 22.8 Å². The Morgan fingerprint density at radius 2 is 2.38 bits per heavy atom. The van der Waals surface area contributed by atoms with Crippen LogP contribution in [0.5, 0.6) is 0 Å². The Balaban J connectivity index is 2.33. The smallest absolute Gasteiger partial charge is 0.108 e.